The molecule has 1 aliphatic rings. The van der Waals surface area contributed by atoms with Crippen molar-refractivity contribution in [2.24, 2.45) is 0 Å². The number of ether oxygens (including phenoxy) is 1. The SMILES string of the molecule is C[C@H](NC(=O)c1ccc(Cl)c([N+](=O)[O-])c1)C(=O)O[C@@H](C)C(=O)NC1CC1. The third kappa shape index (κ3) is 5.16. The summed E-state index contributed by atoms with van der Waals surface area (Å²) in [7, 11) is 0. The van der Waals surface area contributed by atoms with Crippen LogP contribution in [0.4, 0.5) is 5.69 Å². The predicted molar refractivity (Wildman–Crippen MR) is 91.8 cm³/mol. The number of carbonyl (C=O) groups excluding carboxylic acids is 3. The van der Waals surface area contributed by atoms with Crippen molar-refractivity contribution in [2.75, 3.05) is 0 Å². The molecule has 1 aromatic carbocycles. The summed E-state index contributed by atoms with van der Waals surface area (Å²) in [5.41, 5.74) is -0.444. The zero-order valence-corrected chi connectivity index (χ0v) is 14.9. The summed E-state index contributed by atoms with van der Waals surface area (Å²) in [4.78, 5) is 46.1. The molecule has 0 radical (unpaired) electrons. The number of carbonyl (C=O) groups is 3. The van der Waals surface area contributed by atoms with Gasteiger partial charge in [0, 0.05) is 17.7 Å². The minimum Gasteiger partial charge on any atom is -0.451 e. The van der Waals surface area contributed by atoms with Gasteiger partial charge < -0.3 is 15.4 Å². The molecule has 2 rings (SSSR count). The first-order valence-corrected chi connectivity index (χ1v) is 8.32. The van der Waals surface area contributed by atoms with Gasteiger partial charge in [-0.15, -0.1) is 0 Å². The van der Waals surface area contributed by atoms with Crippen molar-refractivity contribution in [1.82, 2.24) is 10.6 Å². The number of hydrogen-bond donors (Lipinski definition) is 2. The third-order valence-electron chi connectivity index (χ3n) is 3.69. The molecule has 0 unspecified atom stereocenters. The molecule has 1 saturated carbocycles. The number of hydrogen-bond acceptors (Lipinski definition) is 6. The molecule has 0 heterocycles. The van der Waals surface area contributed by atoms with E-state index >= 15 is 0 Å². The van der Waals surface area contributed by atoms with Gasteiger partial charge in [0.25, 0.3) is 17.5 Å². The molecule has 1 fully saturated rings. The highest BCUT2D eigenvalue weighted by Gasteiger charge is 2.28. The van der Waals surface area contributed by atoms with Gasteiger partial charge in [0.15, 0.2) is 6.10 Å². The lowest BCUT2D eigenvalue weighted by Crippen LogP contribution is -2.43. The molecule has 1 aromatic rings. The number of benzene rings is 1. The second-order valence-electron chi connectivity index (χ2n) is 5.98. The highest BCUT2D eigenvalue weighted by Crippen LogP contribution is 2.25. The van der Waals surface area contributed by atoms with Crippen molar-refractivity contribution in [3.05, 3.63) is 38.9 Å². The third-order valence-corrected chi connectivity index (χ3v) is 4.01. The summed E-state index contributed by atoms with van der Waals surface area (Å²) in [6, 6.07) is 2.63. The van der Waals surface area contributed by atoms with E-state index in [-0.39, 0.29) is 16.6 Å². The van der Waals surface area contributed by atoms with Crippen molar-refractivity contribution >= 4 is 35.1 Å². The molecule has 140 valence electrons. The first-order valence-electron chi connectivity index (χ1n) is 7.94. The molecule has 2 amide bonds. The lowest BCUT2D eigenvalue weighted by atomic mass is 10.1. The number of nitro groups is 1. The number of halogens is 1. The van der Waals surface area contributed by atoms with Gasteiger partial charge in [0.05, 0.1) is 4.92 Å². The van der Waals surface area contributed by atoms with Crippen LogP contribution in [0.5, 0.6) is 0 Å². The number of rotatable bonds is 7. The summed E-state index contributed by atoms with van der Waals surface area (Å²) in [5.74, 6) is -1.89. The maximum Gasteiger partial charge on any atom is 0.329 e. The van der Waals surface area contributed by atoms with Crippen molar-refractivity contribution < 1.29 is 24.0 Å². The molecule has 26 heavy (non-hydrogen) atoms. The molecule has 9 nitrogen and oxygen atoms in total. The number of nitrogens with one attached hydrogen (secondary N) is 2. The largest absolute Gasteiger partial charge is 0.451 e. The van der Waals surface area contributed by atoms with Gasteiger partial charge in [0.2, 0.25) is 0 Å². The Morgan fingerprint density at radius 1 is 1.31 bits per heavy atom. The molecule has 2 atom stereocenters. The maximum absolute atomic E-state index is 12.2. The summed E-state index contributed by atoms with van der Waals surface area (Å²) >= 11 is 5.69. The van der Waals surface area contributed by atoms with Gasteiger partial charge in [-0.25, -0.2) is 4.79 Å². The first-order chi connectivity index (χ1) is 12.2. The highest BCUT2D eigenvalue weighted by molar-refractivity contribution is 6.32. The molecule has 10 heteroatoms. The Labute approximate surface area is 154 Å². The Hall–Kier alpha value is -2.68. The predicted octanol–water partition coefficient (Wildman–Crippen LogP) is 1.58. The van der Waals surface area contributed by atoms with E-state index in [0.29, 0.717) is 0 Å². The lowest BCUT2D eigenvalue weighted by molar-refractivity contribution is -0.384. The molecule has 1 aliphatic carbocycles. The van der Waals surface area contributed by atoms with Gasteiger partial charge >= 0.3 is 5.97 Å². The highest BCUT2D eigenvalue weighted by atomic mass is 35.5. The Morgan fingerprint density at radius 3 is 2.54 bits per heavy atom. The molecule has 0 aliphatic heterocycles. The van der Waals surface area contributed by atoms with Crippen LogP contribution in [0.25, 0.3) is 0 Å². The Bertz CT molecular complexity index is 750. The smallest absolute Gasteiger partial charge is 0.329 e. The summed E-state index contributed by atoms with van der Waals surface area (Å²) in [5, 5.41) is 15.8. The molecular weight excluding hydrogens is 366 g/mol. The van der Waals surface area contributed by atoms with E-state index in [1.807, 2.05) is 0 Å². The number of esters is 1. The van der Waals surface area contributed by atoms with Crippen LogP contribution in [-0.2, 0) is 14.3 Å². The standard InChI is InChI=1S/C16H18ClN3O6/c1-8(16(23)26-9(2)14(21)19-11-4-5-11)18-15(22)10-3-6-12(17)13(7-10)20(24)25/h3,6-9,11H,4-5H2,1-2H3,(H,18,22)(H,19,21)/t8-,9-/m0/s1. The average Bonchev–Trinajstić information content (AvgIpc) is 3.38. The van der Waals surface area contributed by atoms with Crippen LogP contribution in [0.3, 0.4) is 0 Å². The van der Waals surface area contributed by atoms with Gasteiger partial charge in [-0.05, 0) is 38.8 Å². The molecular formula is C16H18ClN3O6. The Balaban J connectivity index is 1.93. The molecule has 0 spiro atoms. The van der Waals surface area contributed by atoms with Crippen LogP contribution < -0.4 is 10.6 Å². The molecule has 0 saturated heterocycles. The number of nitrogens with zero attached hydrogens (tertiary/aromatic N) is 1. The van der Waals surface area contributed by atoms with Crippen LogP contribution in [0.2, 0.25) is 5.02 Å². The second-order valence-corrected chi connectivity index (χ2v) is 6.39. The molecule has 2 N–H and O–H groups in total. The van der Waals surface area contributed by atoms with E-state index in [0.717, 1.165) is 18.9 Å². The fourth-order valence-electron chi connectivity index (χ4n) is 2.01. The molecule has 0 bridgehead atoms. The van der Waals surface area contributed by atoms with Crippen molar-refractivity contribution in [3.63, 3.8) is 0 Å². The van der Waals surface area contributed by atoms with Crippen LogP contribution in [0.1, 0.15) is 37.0 Å². The summed E-state index contributed by atoms with van der Waals surface area (Å²) in [6.07, 6.45) is 0.831. The topological polar surface area (TPSA) is 128 Å². The quantitative estimate of drug-likeness (QED) is 0.418. The van der Waals surface area contributed by atoms with Crippen LogP contribution >= 0.6 is 11.6 Å². The molecule has 0 aromatic heterocycles. The van der Waals surface area contributed by atoms with Crippen molar-refractivity contribution in [1.29, 1.82) is 0 Å². The van der Waals surface area contributed by atoms with Crippen molar-refractivity contribution in [2.45, 2.75) is 44.9 Å². The second kappa shape index (κ2) is 8.13. The monoisotopic (exact) mass is 383 g/mol. The van der Waals surface area contributed by atoms with E-state index in [1.54, 1.807) is 0 Å². The zero-order valence-electron chi connectivity index (χ0n) is 14.2. The fraction of sp³-hybridized carbons (Fsp3) is 0.438. The van der Waals surface area contributed by atoms with E-state index < -0.39 is 40.5 Å². The summed E-state index contributed by atoms with van der Waals surface area (Å²) < 4.78 is 5.03. The first kappa shape index (κ1) is 19.6. The van der Waals surface area contributed by atoms with Gasteiger partial charge in [0.1, 0.15) is 11.1 Å². The van der Waals surface area contributed by atoms with E-state index in [2.05, 4.69) is 10.6 Å². The van der Waals surface area contributed by atoms with Gasteiger partial charge in [-0.1, -0.05) is 11.6 Å². The zero-order chi connectivity index (χ0) is 19.4. The van der Waals surface area contributed by atoms with Crippen LogP contribution in [0, 0.1) is 10.1 Å². The van der Waals surface area contributed by atoms with E-state index in [1.165, 1.54) is 26.0 Å². The lowest BCUT2D eigenvalue weighted by Gasteiger charge is -2.17. The normalized spacial score (nSPS) is 15.5. The van der Waals surface area contributed by atoms with Crippen molar-refractivity contribution in [3.8, 4) is 0 Å². The minimum absolute atomic E-state index is 0.0275. The maximum atomic E-state index is 12.2. The Kier molecular flexibility index (Phi) is 6.14. The van der Waals surface area contributed by atoms with Crippen LogP contribution in [-0.4, -0.2) is 40.9 Å². The number of amides is 2. The summed E-state index contributed by atoms with van der Waals surface area (Å²) in [6.45, 7) is 2.82. The minimum atomic E-state index is -1.05. The van der Waals surface area contributed by atoms with Gasteiger partial charge in [-0.3, -0.25) is 19.7 Å². The average molecular weight is 384 g/mol. The Morgan fingerprint density at radius 2 is 1.96 bits per heavy atom. The van der Waals surface area contributed by atoms with Crippen LogP contribution in [0.15, 0.2) is 18.2 Å². The van der Waals surface area contributed by atoms with E-state index in [4.69, 9.17) is 16.3 Å². The number of nitro benzene ring substituents is 1. The van der Waals surface area contributed by atoms with Gasteiger partial charge in [-0.2, -0.15) is 0 Å². The van der Waals surface area contributed by atoms with E-state index in [9.17, 15) is 24.5 Å². The fourth-order valence-corrected chi connectivity index (χ4v) is 2.20.